The molecular weight excluding hydrogens is 260 g/mol. The summed E-state index contributed by atoms with van der Waals surface area (Å²) in [5.74, 6) is -1.05. The quantitative estimate of drug-likeness (QED) is 0.713. The standard InChI is InChI=1S/C14H24N2O4/c17-11-8-12(13(18)19)16(9-11)14(20)15-10-6-4-2-1-3-5-7-10/h10-12,17H,1-9H2,(H,15,20)(H,18,19)/t11-,12-/m0/s1. The minimum absolute atomic E-state index is 0.107. The predicted octanol–water partition coefficient (Wildman–Crippen LogP) is 1.33. The Hall–Kier alpha value is -1.30. The second-order valence-corrected chi connectivity index (χ2v) is 5.89. The van der Waals surface area contributed by atoms with Crippen molar-refractivity contribution in [1.29, 1.82) is 0 Å². The number of carbonyl (C=O) groups excluding carboxylic acids is 1. The number of nitrogens with zero attached hydrogens (tertiary/aromatic N) is 1. The third kappa shape index (κ3) is 3.85. The van der Waals surface area contributed by atoms with Gasteiger partial charge in [-0.1, -0.05) is 32.1 Å². The fourth-order valence-corrected chi connectivity index (χ4v) is 3.13. The number of β-amino-alcohol motifs (C(OH)–C–C–N with tert-alkyl or cyclic N) is 1. The van der Waals surface area contributed by atoms with E-state index in [1.165, 1.54) is 24.2 Å². The summed E-state index contributed by atoms with van der Waals surface area (Å²) in [5.41, 5.74) is 0. The molecule has 0 aromatic heterocycles. The van der Waals surface area contributed by atoms with Gasteiger partial charge >= 0.3 is 12.0 Å². The van der Waals surface area contributed by atoms with Gasteiger partial charge in [0.1, 0.15) is 6.04 Å². The first kappa shape index (κ1) is 15.1. The first-order chi connectivity index (χ1) is 9.58. The molecule has 2 fully saturated rings. The number of carbonyl (C=O) groups is 2. The van der Waals surface area contributed by atoms with Gasteiger partial charge in [0.25, 0.3) is 0 Å². The smallest absolute Gasteiger partial charge is 0.326 e. The van der Waals surface area contributed by atoms with Crippen molar-refractivity contribution in [2.24, 2.45) is 0 Å². The van der Waals surface area contributed by atoms with Crippen LogP contribution in [0, 0.1) is 0 Å². The van der Waals surface area contributed by atoms with Crippen molar-refractivity contribution in [1.82, 2.24) is 10.2 Å². The molecule has 0 radical (unpaired) electrons. The largest absolute Gasteiger partial charge is 0.480 e. The Kier molecular flexibility index (Phi) is 5.23. The van der Waals surface area contributed by atoms with E-state index in [9.17, 15) is 14.7 Å². The summed E-state index contributed by atoms with van der Waals surface area (Å²) in [4.78, 5) is 24.6. The average molecular weight is 284 g/mol. The van der Waals surface area contributed by atoms with Crippen LogP contribution in [0.2, 0.25) is 0 Å². The highest BCUT2D eigenvalue weighted by Gasteiger charge is 2.39. The number of aliphatic hydroxyl groups excluding tert-OH is 1. The molecule has 1 aliphatic carbocycles. The lowest BCUT2D eigenvalue weighted by molar-refractivity contribution is -0.141. The van der Waals surface area contributed by atoms with Gasteiger partial charge in [0.15, 0.2) is 0 Å². The van der Waals surface area contributed by atoms with Crippen molar-refractivity contribution in [3.05, 3.63) is 0 Å². The summed E-state index contributed by atoms with van der Waals surface area (Å²) >= 11 is 0. The Labute approximate surface area is 119 Å². The molecule has 2 atom stereocenters. The highest BCUT2D eigenvalue weighted by Crippen LogP contribution is 2.20. The molecule has 114 valence electrons. The van der Waals surface area contributed by atoms with E-state index in [1.54, 1.807) is 0 Å². The Morgan fingerprint density at radius 2 is 1.65 bits per heavy atom. The van der Waals surface area contributed by atoms with E-state index in [0.29, 0.717) is 0 Å². The van der Waals surface area contributed by atoms with Crippen molar-refractivity contribution >= 4 is 12.0 Å². The molecule has 0 unspecified atom stereocenters. The van der Waals surface area contributed by atoms with Crippen LogP contribution in [0.5, 0.6) is 0 Å². The number of carboxylic acids is 1. The number of nitrogens with one attached hydrogen (secondary N) is 1. The Bertz CT molecular complexity index is 353. The van der Waals surface area contributed by atoms with E-state index in [1.807, 2.05) is 0 Å². The average Bonchev–Trinajstić information content (AvgIpc) is 2.75. The Balaban J connectivity index is 1.90. The maximum absolute atomic E-state index is 12.2. The maximum atomic E-state index is 12.2. The van der Waals surface area contributed by atoms with Crippen LogP contribution in [0.4, 0.5) is 4.79 Å². The predicted molar refractivity (Wildman–Crippen MR) is 73.4 cm³/mol. The molecule has 2 aliphatic rings. The van der Waals surface area contributed by atoms with Gasteiger partial charge in [-0.15, -0.1) is 0 Å². The molecule has 0 aromatic rings. The van der Waals surface area contributed by atoms with E-state index < -0.39 is 18.1 Å². The monoisotopic (exact) mass is 284 g/mol. The Morgan fingerprint density at radius 1 is 1.05 bits per heavy atom. The number of hydrogen-bond donors (Lipinski definition) is 3. The highest BCUT2D eigenvalue weighted by molar-refractivity contribution is 5.83. The van der Waals surface area contributed by atoms with Gasteiger partial charge in [-0.25, -0.2) is 9.59 Å². The molecule has 3 N–H and O–H groups in total. The summed E-state index contributed by atoms with van der Waals surface area (Å²) in [7, 11) is 0. The summed E-state index contributed by atoms with van der Waals surface area (Å²) in [6.07, 6.45) is 7.18. The SMILES string of the molecule is O=C(O)[C@@H]1C[C@H](O)CN1C(=O)NC1CCCCCCC1. The minimum atomic E-state index is -1.05. The van der Waals surface area contributed by atoms with E-state index in [0.717, 1.165) is 25.7 Å². The number of hydrogen-bond acceptors (Lipinski definition) is 3. The number of amides is 2. The highest BCUT2D eigenvalue weighted by atomic mass is 16.4. The summed E-state index contributed by atoms with van der Waals surface area (Å²) < 4.78 is 0. The third-order valence-corrected chi connectivity index (χ3v) is 4.26. The fraction of sp³-hybridized carbons (Fsp3) is 0.857. The fourth-order valence-electron chi connectivity index (χ4n) is 3.13. The third-order valence-electron chi connectivity index (χ3n) is 4.26. The van der Waals surface area contributed by atoms with Gasteiger partial charge in [0, 0.05) is 19.0 Å². The van der Waals surface area contributed by atoms with Crippen LogP contribution < -0.4 is 5.32 Å². The van der Waals surface area contributed by atoms with Crippen LogP contribution in [0.3, 0.4) is 0 Å². The van der Waals surface area contributed by atoms with Gasteiger partial charge in [-0.3, -0.25) is 0 Å². The lowest BCUT2D eigenvalue weighted by Crippen LogP contribution is -2.49. The first-order valence-electron chi connectivity index (χ1n) is 7.56. The number of aliphatic hydroxyl groups is 1. The number of urea groups is 1. The number of aliphatic carboxylic acids is 1. The van der Waals surface area contributed by atoms with E-state index in [2.05, 4.69) is 5.32 Å². The second-order valence-electron chi connectivity index (χ2n) is 5.89. The summed E-state index contributed by atoms with van der Waals surface area (Å²) in [5, 5.41) is 21.6. The van der Waals surface area contributed by atoms with Crippen molar-refractivity contribution < 1.29 is 19.8 Å². The second kappa shape index (κ2) is 6.92. The first-order valence-corrected chi connectivity index (χ1v) is 7.56. The van der Waals surface area contributed by atoms with Crippen molar-refractivity contribution in [2.45, 2.75) is 69.6 Å². The maximum Gasteiger partial charge on any atom is 0.326 e. The zero-order valence-electron chi connectivity index (χ0n) is 11.8. The molecule has 0 aromatic carbocycles. The zero-order chi connectivity index (χ0) is 14.5. The van der Waals surface area contributed by atoms with Crippen LogP contribution in [-0.2, 0) is 4.79 Å². The molecule has 1 aliphatic heterocycles. The van der Waals surface area contributed by atoms with Crippen molar-refractivity contribution in [3.8, 4) is 0 Å². The van der Waals surface area contributed by atoms with Crippen LogP contribution in [0.1, 0.15) is 51.4 Å². The lowest BCUT2D eigenvalue weighted by Gasteiger charge is -2.26. The molecule has 2 amide bonds. The molecule has 20 heavy (non-hydrogen) atoms. The van der Waals surface area contributed by atoms with Crippen molar-refractivity contribution in [2.75, 3.05) is 6.54 Å². The molecule has 1 heterocycles. The lowest BCUT2D eigenvalue weighted by atomic mass is 9.97. The topological polar surface area (TPSA) is 89.9 Å². The van der Waals surface area contributed by atoms with Gasteiger partial charge in [-0.05, 0) is 12.8 Å². The van der Waals surface area contributed by atoms with Gasteiger partial charge < -0.3 is 20.4 Å². The molecule has 1 saturated heterocycles. The molecule has 1 saturated carbocycles. The van der Waals surface area contributed by atoms with Gasteiger partial charge in [0.2, 0.25) is 0 Å². The molecule has 0 bridgehead atoms. The normalized spacial score (nSPS) is 28.8. The van der Waals surface area contributed by atoms with E-state index in [-0.39, 0.29) is 25.0 Å². The van der Waals surface area contributed by atoms with Crippen LogP contribution in [-0.4, -0.2) is 51.8 Å². The van der Waals surface area contributed by atoms with Crippen molar-refractivity contribution in [3.63, 3.8) is 0 Å². The molecular formula is C14H24N2O4. The van der Waals surface area contributed by atoms with Crippen LogP contribution >= 0.6 is 0 Å². The van der Waals surface area contributed by atoms with Gasteiger partial charge in [-0.2, -0.15) is 0 Å². The Morgan fingerprint density at radius 3 is 2.25 bits per heavy atom. The zero-order valence-corrected chi connectivity index (χ0v) is 11.8. The van der Waals surface area contributed by atoms with Gasteiger partial charge in [0.05, 0.1) is 6.10 Å². The van der Waals surface area contributed by atoms with Crippen LogP contribution in [0.15, 0.2) is 0 Å². The van der Waals surface area contributed by atoms with E-state index >= 15 is 0 Å². The number of likely N-dealkylation sites (tertiary alicyclic amines) is 1. The molecule has 6 heteroatoms. The minimum Gasteiger partial charge on any atom is -0.480 e. The molecule has 2 rings (SSSR count). The van der Waals surface area contributed by atoms with E-state index in [4.69, 9.17) is 5.11 Å². The molecule has 0 spiro atoms. The number of carboxylic acid groups (broad SMARTS) is 1. The molecule has 6 nitrogen and oxygen atoms in total. The summed E-state index contributed by atoms with van der Waals surface area (Å²) in [6.45, 7) is 0.107. The summed E-state index contributed by atoms with van der Waals surface area (Å²) in [6, 6.07) is -1.12. The number of rotatable bonds is 2. The van der Waals surface area contributed by atoms with Crippen LogP contribution in [0.25, 0.3) is 0 Å².